The number of hydrogen-bond acceptors (Lipinski definition) is 4. The van der Waals surface area contributed by atoms with Gasteiger partial charge in [-0.1, -0.05) is 47.5 Å². The number of anilines is 4. The fraction of sp³-hybridized carbons (Fsp3) is 0. The fourth-order valence-corrected chi connectivity index (χ4v) is 2.96. The van der Waals surface area contributed by atoms with E-state index in [1.54, 1.807) is 0 Å². The molecule has 0 unspecified atom stereocenters. The van der Waals surface area contributed by atoms with E-state index < -0.39 is 0 Å². The zero-order chi connectivity index (χ0) is 17.9. The van der Waals surface area contributed by atoms with Crippen molar-refractivity contribution in [2.75, 3.05) is 10.6 Å². The van der Waals surface area contributed by atoms with Crippen molar-refractivity contribution in [1.82, 2.24) is 9.97 Å². The second-order valence-corrected chi connectivity index (χ2v) is 6.55. The van der Waals surface area contributed by atoms with Gasteiger partial charge in [-0.3, -0.25) is 0 Å². The first-order valence-corrected chi connectivity index (χ1v) is 8.75. The number of benzene rings is 3. The minimum Gasteiger partial charge on any atom is -0.337 e. The number of para-hydroxylation sites is 2. The van der Waals surface area contributed by atoms with E-state index in [-0.39, 0.29) is 0 Å². The van der Waals surface area contributed by atoms with Crippen molar-refractivity contribution in [3.05, 3.63) is 82.8 Å². The van der Waals surface area contributed by atoms with Crippen LogP contribution in [0.3, 0.4) is 0 Å². The molecule has 0 fully saturated rings. The lowest BCUT2D eigenvalue weighted by Crippen LogP contribution is -2.03. The van der Waals surface area contributed by atoms with Crippen LogP contribution in [0.15, 0.2) is 72.8 Å². The first kappa shape index (κ1) is 16.6. The average molecular weight is 381 g/mol. The Morgan fingerprint density at radius 2 is 1.04 bits per heavy atom. The lowest BCUT2D eigenvalue weighted by Gasteiger charge is -2.14. The first-order valence-electron chi connectivity index (χ1n) is 7.99. The molecule has 0 spiro atoms. The molecule has 1 heterocycles. The van der Waals surface area contributed by atoms with Crippen LogP contribution in [0.4, 0.5) is 23.0 Å². The Balaban J connectivity index is 1.78. The lowest BCUT2D eigenvalue weighted by atomic mass is 10.3. The summed E-state index contributed by atoms with van der Waals surface area (Å²) in [5.74, 6) is 1.21. The Kier molecular flexibility index (Phi) is 4.61. The van der Waals surface area contributed by atoms with Crippen LogP contribution in [0.1, 0.15) is 0 Å². The molecule has 0 atom stereocenters. The number of nitrogens with zero attached hydrogens (tertiary/aromatic N) is 2. The van der Waals surface area contributed by atoms with Crippen molar-refractivity contribution in [1.29, 1.82) is 0 Å². The largest absolute Gasteiger partial charge is 0.337 e. The Morgan fingerprint density at radius 1 is 0.577 bits per heavy atom. The van der Waals surface area contributed by atoms with E-state index in [1.165, 1.54) is 0 Å². The summed E-state index contributed by atoms with van der Waals surface area (Å²) in [6, 6.07) is 22.6. The van der Waals surface area contributed by atoms with E-state index in [0.717, 1.165) is 22.4 Å². The van der Waals surface area contributed by atoms with Gasteiger partial charge in [-0.15, -0.1) is 0 Å². The van der Waals surface area contributed by atoms with Gasteiger partial charge in [-0.2, -0.15) is 0 Å². The van der Waals surface area contributed by atoms with Crippen LogP contribution in [0.5, 0.6) is 0 Å². The van der Waals surface area contributed by atoms with Gasteiger partial charge in [0, 0.05) is 21.4 Å². The summed E-state index contributed by atoms with van der Waals surface area (Å²) >= 11 is 12.2. The molecule has 4 nitrogen and oxygen atoms in total. The molecule has 4 aromatic rings. The van der Waals surface area contributed by atoms with Crippen molar-refractivity contribution < 1.29 is 0 Å². The minimum absolute atomic E-state index is 0.603. The second-order valence-electron chi connectivity index (χ2n) is 5.68. The fourth-order valence-electron chi connectivity index (χ4n) is 2.58. The van der Waals surface area contributed by atoms with Crippen molar-refractivity contribution in [2.45, 2.75) is 0 Å². The quantitative estimate of drug-likeness (QED) is 0.428. The van der Waals surface area contributed by atoms with Gasteiger partial charge in [0.1, 0.15) is 0 Å². The van der Waals surface area contributed by atoms with Gasteiger partial charge in [0.2, 0.25) is 0 Å². The van der Waals surface area contributed by atoms with E-state index in [1.807, 2.05) is 72.8 Å². The lowest BCUT2D eigenvalue weighted by molar-refractivity contribution is 1.27. The van der Waals surface area contributed by atoms with E-state index in [0.29, 0.717) is 21.7 Å². The van der Waals surface area contributed by atoms with Gasteiger partial charge >= 0.3 is 0 Å². The third-order valence-corrected chi connectivity index (χ3v) is 4.22. The molecule has 3 aromatic carbocycles. The molecule has 0 aliphatic carbocycles. The van der Waals surface area contributed by atoms with Crippen LogP contribution >= 0.6 is 23.2 Å². The molecule has 0 aliphatic heterocycles. The topological polar surface area (TPSA) is 49.8 Å². The van der Waals surface area contributed by atoms with Crippen molar-refractivity contribution >= 4 is 57.2 Å². The Bertz CT molecular complexity index is 996. The zero-order valence-corrected chi connectivity index (χ0v) is 15.1. The molecule has 6 heteroatoms. The third kappa shape index (κ3) is 3.72. The Labute approximate surface area is 160 Å². The van der Waals surface area contributed by atoms with Crippen LogP contribution < -0.4 is 10.6 Å². The molecule has 26 heavy (non-hydrogen) atoms. The predicted octanol–water partition coefficient (Wildman–Crippen LogP) is 6.42. The number of nitrogens with one attached hydrogen (secondary N) is 2. The maximum absolute atomic E-state index is 6.09. The van der Waals surface area contributed by atoms with Gasteiger partial charge in [0.15, 0.2) is 11.6 Å². The van der Waals surface area contributed by atoms with Crippen LogP contribution in [-0.4, -0.2) is 9.97 Å². The van der Waals surface area contributed by atoms with E-state index in [9.17, 15) is 0 Å². The molecule has 1 aromatic heterocycles. The van der Waals surface area contributed by atoms with Gasteiger partial charge in [0.25, 0.3) is 0 Å². The van der Waals surface area contributed by atoms with Crippen molar-refractivity contribution in [3.8, 4) is 0 Å². The van der Waals surface area contributed by atoms with Crippen LogP contribution in [0.2, 0.25) is 10.0 Å². The Morgan fingerprint density at radius 3 is 1.46 bits per heavy atom. The molecule has 0 saturated heterocycles. The van der Waals surface area contributed by atoms with E-state index in [2.05, 4.69) is 10.6 Å². The number of halogens is 2. The number of hydrogen-bond donors (Lipinski definition) is 2. The SMILES string of the molecule is Clc1cccc(Nc2nc3ccccc3nc2Nc2cccc(Cl)c2)c1. The molecular formula is C20H14Cl2N4. The van der Waals surface area contributed by atoms with E-state index in [4.69, 9.17) is 33.2 Å². The highest BCUT2D eigenvalue weighted by molar-refractivity contribution is 6.31. The first-order chi connectivity index (χ1) is 12.7. The van der Waals surface area contributed by atoms with Gasteiger partial charge in [-0.25, -0.2) is 9.97 Å². The third-order valence-electron chi connectivity index (χ3n) is 3.75. The molecule has 0 saturated carbocycles. The van der Waals surface area contributed by atoms with Crippen LogP contribution in [0, 0.1) is 0 Å². The van der Waals surface area contributed by atoms with Crippen molar-refractivity contribution in [3.63, 3.8) is 0 Å². The normalized spacial score (nSPS) is 10.7. The summed E-state index contributed by atoms with van der Waals surface area (Å²) in [5, 5.41) is 7.87. The summed E-state index contributed by atoms with van der Waals surface area (Å²) in [6.45, 7) is 0. The average Bonchev–Trinajstić information content (AvgIpc) is 2.62. The van der Waals surface area contributed by atoms with Gasteiger partial charge < -0.3 is 10.6 Å². The summed E-state index contributed by atoms with van der Waals surface area (Å²) < 4.78 is 0. The highest BCUT2D eigenvalue weighted by Crippen LogP contribution is 2.29. The molecular weight excluding hydrogens is 367 g/mol. The summed E-state index contributed by atoms with van der Waals surface area (Å²) in [6.07, 6.45) is 0. The van der Waals surface area contributed by atoms with Gasteiger partial charge in [0.05, 0.1) is 11.0 Å². The molecule has 4 rings (SSSR count). The monoisotopic (exact) mass is 380 g/mol. The summed E-state index contributed by atoms with van der Waals surface area (Å²) in [4.78, 5) is 9.41. The maximum atomic E-state index is 6.09. The van der Waals surface area contributed by atoms with Crippen LogP contribution in [-0.2, 0) is 0 Å². The molecule has 0 aliphatic rings. The molecule has 0 bridgehead atoms. The highest BCUT2D eigenvalue weighted by atomic mass is 35.5. The highest BCUT2D eigenvalue weighted by Gasteiger charge is 2.10. The van der Waals surface area contributed by atoms with Gasteiger partial charge in [-0.05, 0) is 48.5 Å². The predicted molar refractivity (Wildman–Crippen MR) is 109 cm³/mol. The standard InChI is InChI=1S/C20H14Cl2N4/c21-13-5-3-7-15(11-13)23-19-20(24-16-8-4-6-14(22)12-16)26-18-10-2-1-9-17(18)25-19/h1-12H,(H,23,25)(H,24,26). The Hall–Kier alpha value is -2.82. The molecule has 0 amide bonds. The summed E-state index contributed by atoms with van der Waals surface area (Å²) in [7, 11) is 0. The minimum atomic E-state index is 0.603. The van der Waals surface area contributed by atoms with E-state index >= 15 is 0 Å². The van der Waals surface area contributed by atoms with Crippen molar-refractivity contribution in [2.24, 2.45) is 0 Å². The smallest absolute Gasteiger partial charge is 0.174 e. The molecule has 2 N–H and O–H groups in total. The summed E-state index contributed by atoms with van der Waals surface area (Å²) in [5.41, 5.74) is 3.26. The zero-order valence-electron chi connectivity index (χ0n) is 13.6. The van der Waals surface area contributed by atoms with Crippen LogP contribution in [0.25, 0.3) is 11.0 Å². The number of fused-ring (bicyclic) bond motifs is 1. The second kappa shape index (κ2) is 7.20. The molecule has 128 valence electrons. The molecule has 0 radical (unpaired) electrons. The number of aromatic nitrogens is 2. The number of rotatable bonds is 4. The maximum Gasteiger partial charge on any atom is 0.174 e.